The SMILES string of the molecule is O=C(c1ccccc1)c1ccc[c]([Na])c1. The summed E-state index contributed by atoms with van der Waals surface area (Å²) in [5.41, 5.74) is 1.54. The van der Waals surface area contributed by atoms with Crippen LogP contribution in [0.2, 0.25) is 0 Å². The van der Waals surface area contributed by atoms with Crippen molar-refractivity contribution in [2.75, 3.05) is 0 Å². The number of hydrogen-bond acceptors (Lipinski definition) is 1. The first kappa shape index (κ1) is 10.6. The number of hydrogen-bond donors (Lipinski definition) is 0. The van der Waals surface area contributed by atoms with E-state index in [1.807, 2.05) is 54.6 Å². The standard InChI is InChI=1S/C13H9O.Na/c14-13(11-7-3-1-4-8-11)12-9-5-2-6-10-12;/h1-5,7-10H;. The van der Waals surface area contributed by atoms with Crippen LogP contribution >= 0.6 is 0 Å². The van der Waals surface area contributed by atoms with E-state index in [0.717, 1.165) is 39.1 Å². The number of carbonyl (C=O) groups excluding carboxylic acids is 1. The van der Waals surface area contributed by atoms with Gasteiger partial charge in [0.05, 0.1) is 0 Å². The number of rotatable bonds is 2. The number of carbonyl (C=O) groups is 1. The summed E-state index contributed by atoms with van der Waals surface area (Å²) >= 11 is 0.978. The Kier molecular flexibility index (Phi) is 3.37. The van der Waals surface area contributed by atoms with Gasteiger partial charge in [-0.3, -0.25) is 0 Å². The maximum absolute atomic E-state index is 12.0. The number of benzene rings is 2. The van der Waals surface area contributed by atoms with Gasteiger partial charge in [-0.15, -0.1) is 0 Å². The molecule has 0 heterocycles. The molecular formula is C13H9NaO. The predicted molar refractivity (Wildman–Crippen MR) is 61.7 cm³/mol. The van der Waals surface area contributed by atoms with Gasteiger partial charge >= 0.3 is 107 Å². The molecule has 0 unspecified atom stereocenters. The van der Waals surface area contributed by atoms with Crippen LogP contribution in [0.5, 0.6) is 0 Å². The normalized spacial score (nSPS) is 10.0. The van der Waals surface area contributed by atoms with Gasteiger partial charge in [-0.2, -0.15) is 0 Å². The van der Waals surface area contributed by atoms with Crippen molar-refractivity contribution < 1.29 is 4.79 Å². The molecule has 0 saturated heterocycles. The molecule has 0 aliphatic heterocycles. The molecule has 0 fully saturated rings. The molecule has 0 atom stereocenters. The zero-order valence-corrected chi connectivity index (χ0v) is 10.6. The Morgan fingerprint density at radius 3 is 2.20 bits per heavy atom. The van der Waals surface area contributed by atoms with E-state index in [9.17, 15) is 4.79 Å². The van der Waals surface area contributed by atoms with Crippen LogP contribution < -0.4 is 2.81 Å². The Morgan fingerprint density at radius 1 is 0.867 bits per heavy atom. The van der Waals surface area contributed by atoms with Gasteiger partial charge in [0, 0.05) is 0 Å². The second kappa shape index (κ2) is 4.75. The zero-order chi connectivity index (χ0) is 10.7. The molecule has 0 N–H and O–H groups in total. The fourth-order valence-electron chi connectivity index (χ4n) is 1.54. The summed E-state index contributed by atoms with van der Waals surface area (Å²) in [7, 11) is 0. The first-order valence-corrected chi connectivity index (χ1v) is 5.94. The Bertz CT molecular complexity index is 477. The van der Waals surface area contributed by atoms with Gasteiger partial charge in [0.2, 0.25) is 0 Å². The molecule has 0 amide bonds. The van der Waals surface area contributed by atoms with Gasteiger partial charge < -0.3 is 0 Å². The molecule has 0 radical (unpaired) electrons. The molecular weight excluding hydrogens is 195 g/mol. The van der Waals surface area contributed by atoms with Crippen LogP contribution in [0.15, 0.2) is 54.6 Å². The third-order valence-electron chi connectivity index (χ3n) is 2.32. The van der Waals surface area contributed by atoms with Gasteiger partial charge in [0.25, 0.3) is 0 Å². The molecule has 2 rings (SSSR count). The molecule has 2 aromatic carbocycles. The molecule has 15 heavy (non-hydrogen) atoms. The first-order chi connectivity index (χ1) is 7.27. The van der Waals surface area contributed by atoms with Gasteiger partial charge in [0.15, 0.2) is 0 Å². The second-order valence-corrected chi connectivity index (χ2v) is 4.72. The second-order valence-electron chi connectivity index (χ2n) is 3.56. The van der Waals surface area contributed by atoms with E-state index in [-0.39, 0.29) is 5.78 Å². The topological polar surface area (TPSA) is 17.1 Å². The van der Waals surface area contributed by atoms with Crippen molar-refractivity contribution in [3.8, 4) is 0 Å². The summed E-state index contributed by atoms with van der Waals surface area (Å²) in [6.07, 6.45) is 0. The fourth-order valence-corrected chi connectivity index (χ4v) is 2.05. The first-order valence-electron chi connectivity index (χ1n) is 4.94. The minimum absolute atomic E-state index is 0.105. The quantitative estimate of drug-likeness (QED) is 0.537. The molecule has 1 nitrogen and oxygen atoms in total. The van der Waals surface area contributed by atoms with Crippen LogP contribution in [0.25, 0.3) is 0 Å². The molecule has 68 valence electrons. The molecule has 2 aromatic rings. The van der Waals surface area contributed by atoms with Crippen molar-refractivity contribution in [1.29, 1.82) is 0 Å². The Hall–Kier alpha value is -0.890. The van der Waals surface area contributed by atoms with Crippen LogP contribution in [0, 0.1) is 0 Å². The summed E-state index contributed by atoms with van der Waals surface area (Å²) in [5, 5.41) is 0. The average Bonchev–Trinajstić information content (AvgIpc) is 2.29. The molecule has 0 aliphatic rings. The Balaban J connectivity index is 2.37. The summed E-state index contributed by atoms with van der Waals surface area (Å²) in [4.78, 5) is 12.0. The van der Waals surface area contributed by atoms with E-state index in [2.05, 4.69) is 0 Å². The summed E-state index contributed by atoms with van der Waals surface area (Å²) in [6, 6.07) is 17.2. The third-order valence-corrected chi connectivity index (χ3v) is 2.94. The van der Waals surface area contributed by atoms with Gasteiger partial charge in [-0.1, -0.05) is 0 Å². The van der Waals surface area contributed by atoms with E-state index in [4.69, 9.17) is 0 Å². The monoisotopic (exact) mass is 204 g/mol. The average molecular weight is 204 g/mol. The van der Waals surface area contributed by atoms with Gasteiger partial charge in [-0.25, -0.2) is 0 Å². The predicted octanol–water partition coefficient (Wildman–Crippen LogP) is 1.71. The minimum atomic E-state index is 0.105. The maximum atomic E-state index is 12.0. The van der Waals surface area contributed by atoms with E-state index < -0.39 is 0 Å². The molecule has 0 spiro atoms. The van der Waals surface area contributed by atoms with Crippen molar-refractivity contribution in [2.24, 2.45) is 0 Å². The Morgan fingerprint density at radius 2 is 1.53 bits per heavy atom. The van der Waals surface area contributed by atoms with Crippen molar-refractivity contribution in [3.05, 3.63) is 65.7 Å². The summed E-state index contributed by atoms with van der Waals surface area (Å²) < 4.78 is 1.25. The third kappa shape index (κ3) is 2.57. The van der Waals surface area contributed by atoms with Crippen LogP contribution in [-0.4, -0.2) is 33.7 Å². The Labute approximate surface area is 107 Å². The van der Waals surface area contributed by atoms with Gasteiger partial charge in [0.1, 0.15) is 0 Å². The van der Waals surface area contributed by atoms with Crippen molar-refractivity contribution in [3.63, 3.8) is 0 Å². The fraction of sp³-hybridized carbons (Fsp3) is 0. The summed E-state index contributed by atoms with van der Waals surface area (Å²) in [6.45, 7) is 0. The van der Waals surface area contributed by atoms with Crippen molar-refractivity contribution in [2.45, 2.75) is 0 Å². The summed E-state index contributed by atoms with van der Waals surface area (Å²) in [5.74, 6) is 0.105. The van der Waals surface area contributed by atoms with E-state index in [1.54, 1.807) is 0 Å². The number of ketones is 1. The van der Waals surface area contributed by atoms with Crippen LogP contribution in [0.3, 0.4) is 0 Å². The van der Waals surface area contributed by atoms with E-state index in [0.29, 0.717) is 0 Å². The molecule has 0 aliphatic carbocycles. The van der Waals surface area contributed by atoms with Crippen LogP contribution in [-0.2, 0) is 0 Å². The van der Waals surface area contributed by atoms with Crippen molar-refractivity contribution >= 4 is 36.5 Å². The molecule has 0 bridgehead atoms. The molecule has 0 aromatic heterocycles. The molecule has 2 heteroatoms. The van der Waals surface area contributed by atoms with Crippen LogP contribution in [0.1, 0.15) is 15.9 Å². The van der Waals surface area contributed by atoms with E-state index in [1.165, 1.54) is 2.81 Å². The van der Waals surface area contributed by atoms with E-state index >= 15 is 0 Å². The van der Waals surface area contributed by atoms with Crippen molar-refractivity contribution in [1.82, 2.24) is 0 Å². The zero-order valence-electron chi connectivity index (χ0n) is 8.60. The van der Waals surface area contributed by atoms with Gasteiger partial charge in [-0.05, 0) is 0 Å². The van der Waals surface area contributed by atoms with Crippen LogP contribution in [0.4, 0.5) is 0 Å². The molecule has 0 saturated carbocycles.